The topological polar surface area (TPSA) is 12.9 Å². The Morgan fingerprint density at radius 3 is 2.60 bits per heavy atom. The van der Waals surface area contributed by atoms with Gasteiger partial charge in [-0.15, -0.1) is 11.3 Å². The van der Waals surface area contributed by atoms with E-state index in [9.17, 15) is 0 Å². The zero-order valence-electron chi connectivity index (χ0n) is 11.5. The van der Waals surface area contributed by atoms with E-state index in [2.05, 4.69) is 66.5 Å². The predicted octanol–water partition coefficient (Wildman–Crippen LogP) is 5.41. The van der Waals surface area contributed by atoms with Gasteiger partial charge in [-0.05, 0) is 30.5 Å². The number of aromatic nitrogens is 1. The van der Waals surface area contributed by atoms with Crippen LogP contribution in [0, 0.1) is 0 Å². The van der Waals surface area contributed by atoms with Crippen LogP contribution in [0.4, 0.5) is 0 Å². The summed E-state index contributed by atoms with van der Waals surface area (Å²) in [6.45, 7) is 2.29. The molecule has 2 aromatic carbocycles. The predicted molar refractivity (Wildman–Crippen MR) is 89.7 cm³/mol. The SMILES string of the molecule is CC(CCc1ccccc1)Sc1nc2ccccc2s1. The van der Waals surface area contributed by atoms with Crippen molar-refractivity contribution in [2.75, 3.05) is 0 Å². The van der Waals surface area contributed by atoms with Crippen LogP contribution in [0.2, 0.25) is 0 Å². The first-order chi connectivity index (χ1) is 9.81. The quantitative estimate of drug-likeness (QED) is 0.584. The summed E-state index contributed by atoms with van der Waals surface area (Å²) in [7, 11) is 0. The molecular weight excluding hydrogens is 282 g/mol. The lowest BCUT2D eigenvalue weighted by Gasteiger charge is -2.08. The molecule has 20 heavy (non-hydrogen) atoms. The molecule has 0 amide bonds. The molecule has 0 radical (unpaired) electrons. The number of aryl methyl sites for hydroxylation is 1. The molecule has 0 saturated carbocycles. The molecule has 0 spiro atoms. The van der Waals surface area contributed by atoms with E-state index in [1.807, 2.05) is 11.8 Å². The fourth-order valence-corrected chi connectivity index (χ4v) is 4.53. The summed E-state index contributed by atoms with van der Waals surface area (Å²) in [5, 5.41) is 0.593. The third-order valence-electron chi connectivity index (χ3n) is 3.26. The summed E-state index contributed by atoms with van der Waals surface area (Å²) < 4.78 is 2.47. The maximum atomic E-state index is 4.69. The van der Waals surface area contributed by atoms with Gasteiger partial charge in [-0.3, -0.25) is 0 Å². The average Bonchev–Trinajstić information content (AvgIpc) is 2.88. The van der Waals surface area contributed by atoms with Gasteiger partial charge in [-0.25, -0.2) is 4.98 Å². The van der Waals surface area contributed by atoms with Gasteiger partial charge in [0.2, 0.25) is 0 Å². The molecule has 1 aromatic heterocycles. The van der Waals surface area contributed by atoms with E-state index in [0.29, 0.717) is 5.25 Å². The summed E-state index contributed by atoms with van der Waals surface area (Å²) in [5.41, 5.74) is 2.54. The highest BCUT2D eigenvalue weighted by atomic mass is 32.2. The first kappa shape index (κ1) is 13.7. The molecule has 1 unspecified atom stereocenters. The molecule has 0 saturated heterocycles. The Balaban J connectivity index is 1.59. The zero-order chi connectivity index (χ0) is 13.8. The Morgan fingerprint density at radius 1 is 1.05 bits per heavy atom. The van der Waals surface area contributed by atoms with E-state index in [0.717, 1.165) is 11.9 Å². The monoisotopic (exact) mass is 299 g/mol. The molecule has 1 heterocycles. The summed E-state index contributed by atoms with van der Waals surface area (Å²) in [5.74, 6) is 0. The van der Waals surface area contributed by atoms with Gasteiger partial charge in [-0.1, -0.05) is 61.2 Å². The maximum Gasteiger partial charge on any atom is 0.151 e. The number of benzene rings is 2. The molecule has 0 aliphatic heterocycles. The van der Waals surface area contributed by atoms with Crippen molar-refractivity contribution < 1.29 is 0 Å². The van der Waals surface area contributed by atoms with Crippen molar-refractivity contribution in [3.8, 4) is 0 Å². The van der Waals surface area contributed by atoms with Crippen LogP contribution in [0.5, 0.6) is 0 Å². The van der Waals surface area contributed by atoms with E-state index in [1.54, 1.807) is 11.3 Å². The van der Waals surface area contributed by atoms with Crippen LogP contribution in [0.15, 0.2) is 58.9 Å². The van der Waals surface area contributed by atoms with Crippen molar-refractivity contribution in [2.45, 2.75) is 29.4 Å². The molecule has 3 rings (SSSR count). The van der Waals surface area contributed by atoms with Gasteiger partial charge >= 0.3 is 0 Å². The van der Waals surface area contributed by atoms with Gasteiger partial charge in [-0.2, -0.15) is 0 Å². The lowest BCUT2D eigenvalue weighted by atomic mass is 10.1. The Bertz CT molecular complexity index is 643. The van der Waals surface area contributed by atoms with Crippen LogP contribution in [0.1, 0.15) is 18.9 Å². The third-order valence-corrected chi connectivity index (χ3v) is 5.56. The molecule has 102 valence electrons. The minimum absolute atomic E-state index is 0.593. The van der Waals surface area contributed by atoms with Gasteiger partial charge in [0.1, 0.15) is 0 Å². The van der Waals surface area contributed by atoms with Crippen LogP contribution in [0.25, 0.3) is 10.2 Å². The lowest BCUT2D eigenvalue weighted by Crippen LogP contribution is -1.98. The standard InChI is InChI=1S/C17H17NS2/c1-13(11-12-14-7-3-2-4-8-14)19-17-18-15-9-5-6-10-16(15)20-17/h2-10,13H,11-12H2,1H3. The second kappa shape index (κ2) is 6.42. The second-order valence-corrected chi connectivity index (χ2v) is 7.62. The first-order valence-electron chi connectivity index (χ1n) is 6.87. The molecule has 0 bridgehead atoms. The van der Waals surface area contributed by atoms with Crippen molar-refractivity contribution in [3.63, 3.8) is 0 Å². The van der Waals surface area contributed by atoms with E-state index < -0.39 is 0 Å². The first-order valence-corrected chi connectivity index (χ1v) is 8.57. The Morgan fingerprint density at radius 2 is 1.80 bits per heavy atom. The molecule has 3 aromatic rings. The van der Waals surface area contributed by atoms with Crippen LogP contribution >= 0.6 is 23.1 Å². The van der Waals surface area contributed by atoms with E-state index >= 15 is 0 Å². The number of hydrogen-bond acceptors (Lipinski definition) is 3. The van der Waals surface area contributed by atoms with Crippen molar-refractivity contribution in [2.24, 2.45) is 0 Å². The van der Waals surface area contributed by atoms with Crippen LogP contribution in [0.3, 0.4) is 0 Å². The van der Waals surface area contributed by atoms with Crippen molar-refractivity contribution in [3.05, 3.63) is 60.2 Å². The largest absolute Gasteiger partial charge is 0.230 e. The number of rotatable bonds is 5. The highest BCUT2D eigenvalue weighted by Crippen LogP contribution is 2.33. The molecule has 1 atom stereocenters. The molecule has 0 N–H and O–H groups in total. The number of fused-ring (bicyclic) bond motifs is 1. The molecule has 3 heteroatoms. The average molecular weight is 299 g/mol. The number of para-hydroxylation sites is 1. The van der Waals surface area contributed by atoms with E-state index in [4.69, 9.17) is 0 Å². The van der Waals surface area contributed by atoms with Gasteiger partial charge < -0.3 is 0 Å². The summed E-state index contributed by atoms with van der Waals surface area (Å²) >= 11 is 3.70. The Hall–Kier alpha value is -1.32. The summed E-state index contributed by atoms with van der Waals surface area (Å²) in [6, 6.07) is 19.1. The maximum absolute atomic E-state index is 4.69. The molecular formula is C17H17NS2. The zero-order valence-corrected chi connectivity index (χ0v) is 13.1. The van der Waals surface area contributed by atoms with Crippen LogP contribution in [-0.4, -0.2) is 10.2 Å². The van der Waals surface area contributed by atoms with Crippen LogP contribution < -0.4 is 0 Å². The minimum Gasteiger partial charge on any atom is -0.230 e. The number of nitrogens with zero attached hydrogens (tertiary/aromatic N) is 1. The van der Waals surface area contributed by atoms with E-state index in [-0.39, 0.29) is 0 Å². The molecule has 0 aliphatic rings. The molecule has 0 aliphatic carbocycles. The van der Waals surface area contributed by atoms with Crippen molar-refractivity contribution >= 4 is 33.3 Å². The highest BCUT2D eigenvalue weighted by Gasteiger charge is 2.09. The smallest absolute Gasteiger partial charge is 0.151 e. The van der Waals surface area contributed by atoms with Gasteiger partial charge in [0.15, 0.2) is 4.34 Å². The fraction of sp³-hybridized carbons (Fsp3) is 0.235. The number of hydrogen-bond donors (Lipinski definition) is 0. The molecule has 1 nitrogen and oxygen atoms in total. The minimum atomic E-state index is 0.593. The van der Waals surface area contributed by atoms with Gasteiger partial charge in [0, 0.05) is 5.25 Å². The van der Waals surface area contributed by atoms with Gasteiger partial charge in [0.05, 0.1) is 10.2 Å². The highest BCUT2D eigenvalue weighted by molar-refractivity contribution is 8.01. The van der Waals surface area contributed by atoms with Crippen molar-refractivity contribution in [1.82, 2.24) is 4.98 Å². The Labute approximate surface area is 128 Å². The van der Waals surface area contributed by atoms with E-state index in [1.165, 1.54) is 21.0 Å². The normalized spacial score (nSPS) is 12.7. The lowest BCUT2D eigenvalue weighted by molar-refractivity contribution is 0.811. The molecule has 0 fully saturated rings. The fourth-order valence-electron chi connectivity index (χ4n) is 2.15. The van der Waals surface area contributed by atoms with Crippen LogP contribution in [-0.2, 0) is 6.42 Å². The third kappa shape index (κ3) is 3.41. The van der Waals surface area contributed by atoms with Crippen molar-refractivity contribution in [1.29, 1.82) is 0 Å². The number of thioether (sulfide) groups is 1. The number of thiazole rings is 1. The Kier molecular flexibility index (Phi) is 4.38. The summed E-state index contributed by atoms with van der Waals surface area (Å²) in [4.78, 5) is 4.69. The van der Waals surface area contributed by atoms with Gasteiger partial charge in [0.25, 0.3) is 0 Å². The second-order valence-electron chi connectivity index (χ2n) is 4.90. The summed E-state index contributed by atoms with van der Waals surface area (Å²) in [6.07, 6.45) is 2.32.